The van der Waals surface area contributed by atoms with Gasteiger partial charge >= 0.3 is 13.2 Å². The number of anilines is 1. The van der Waals surface area contributed by atoms with Crippen molar-refractivity contribution in [3.8, 4) is 17.0 Å². The Morgan fingerprint density at radius 3 is 2.73 bits per heavy atom. The molecule has 0 saturated heterocycles. The average molecular weight is 633 g/mol. The molecule has 0 fully saturated rings. The number of hydrogen-bond acceptors (Lipinski definition) is 9. The molecule has 1 aliphatic rings. The summed E-state index contributed by atoms with van der Waals surface area (Å²) in [5, 5.41) is 26.0. The van der Waals surface area contributed by atoms with Crippen LogP contribution in [0, 0.1) is 5.82 Å². The third-order valence-electron chi connectivity index (χ3n) is 7.34. The van der Waals surface area contributed by atoms with Gasteiger partial charge in [-0.15, -0.1) is 0 Å². The van der Waals surface area contributed by atoms with Crippen LogP contribution in [0.3, 0.4) is 0 Å². The molecular formula is C31H31BClFN6O5. The van der Waals surface area contributed by atoms with Crippen molar-refractivity contribution >= 4 is 48.0 Å². The van der Waals surface area contributed by atoms with Crippen molar-refractivity contribution in [1.82, 2.24) is 14.8 Å². The van der Waals surface area contributed by atoms with Gasteiger partial charge in [0.15, 0.2) is 16.7 Å². The summed E-state index contributed by atoms with van der Waals surface area (Å²) in [5.41, 5.74) is 11.7. The SMILES string of the molecule is CCn1nc(Cl)c2c1-c1cnc(NC(=O)OCc3ccc(B(O)O)cc3)c(c1)O[C@H](C)c1cc(F)ccc1/C(N)=C(/C=NC)C2. The van der Waals surface area contributed by atoms with Crippen LogP contribution in [0.4, 0.5) is 15.0 Å². The number of carbonyl (C=O) groups is 1. The van der Waals surface area contributed by atoms with Gasteiger partial charge in [-0.3, -0.25) is 15.0 Å². The maximum absolute atomic E-state index is 14.6. The van der Waals surface area contributed by atoms with Crippen LogP contribution in [0.1, 0.15) is 42.2 Å². The number of ether oxygens (including phenoxy) is 2. The predicted octanol–water partition coefficient (Wildman–Crippen LogP) is 4.25. The van der Waals surface area contributed by atoms with Crippen LogP contribution in [-0.2, 0) is 24.3 Å². The number of allylic oxidation sites excluding steroid dienone is 1. The number of aromatic nitrogens is 3. The van der Waals surface area contributed by atoms with Crippen LogP contribution in [0.5, 0.6) is 5.75 Å². The fourth-order valence-electron chi connectivity index (χ4n) is 5.10. The highest BCUT2D eigenvalue weighted by atomic mass is 35.5. The lowest BCUT2D eigenvalue weighted by atomic mass is 9.80. The Bertz CT molecular complexity index is 1790. The number of benzene rings is 2. The number of hydrogen-bond donors (Lipinski definition) is 4. The molecule has 4 aromatic rings. The maximum atomic E-state index is 14.6. The van der Waals surface area contributed by atoms with E-state index >= 15 is 0 Å². The average Bonchev–Trinajstić information content (AvgIpc) is 3.34. The Morgan fingerprint density at radius 2 is 2.04 bits per heavy atom. The summed E-state index contributed by atoms with van der Waals surface area (Å²) in [6.45, 7) is 4.09. The summed E-state index contributed by atoms with van der Waals surface area (Å²) in [5.74, 6) is -0.209. The number of fused-ring (bicyclic) bond motifs is 5. The summed E-state index contributed by atoms with van der Waals surface area (Å²) >= 11 is 6.67. The third-order valence-corrected chi connectivity index (χ3v) is 7.64. The zero-order chi connectivity index (χ0) is 32.2. The zero-order valence-corrected chi connectivity index (χ0v) is 25.5. The van der Waals surface area contributed by atoms with Gasteiger partial charge in [0.05, 0.1) is 5.69 Å². The number of halogens is 2. The number of rotatable bonds is 6. The number of nitrogens with two attached hydrogens (primary N) is 1. The van der Waals surface area contributed by atoms with Crippen molar-refractivity contribution in [2.75, 3.05) is 12.4 Å². The highest BCUT2D eigenvalue weighted by molar-refractivity contribution is 6.58. The molecule has 3 heterocycles. The largest absolute Gasteiger partial charge is 0.488 e. The number of carbonyl (C=O) groups excluding carboxylic acids is 1. The second-order valence-corrected chi connectivity index (χ2v) is 10.7. The van der Waals surface area contributed by atoms with Crippen molar-refractivity contribution < 1.29 is 28.7 Å². The van der Waals surface area contributed by atoms with Gasteiger partial charge < -0.3 is 25.3 Å². The molecular weight excluding hydrogens is 602 g/mol. The molecule has 0 unspecified atom stereocenters. The molecule has 5 N–H and O–H groups in total. The molecule has 2 bridgehead atoms. The van der Waals surface area contributed by atoms with Crippen LogP contribution in [0.2, 0.25) is 5.15 Å². The molecule has 1 atom stereocenters. The second kappa shape index (κ2) is 13.5. The van der Waals surface area contributed by atoms with E-state index in [9.17, 15) is 19.2 Å². The highest BCUT2D eigenvalue weighted by Gasteiger charge is 2.26. The second-order valence-electron chi connectivity index (χ2n) is 10.3. The van der Waals surface area contributed by atoms with Crippen LogP contribution < -0.4 is 21.3 Å². The molecule has 2 aromatic heterocycles. The Kier molecular flexibility index (Phi) is 9.52. The normalized spacial score (nSPS) is 16.2. The van der Waals surface area contributed by atoms with E-state index in [4.69, 9.17) is 26.8 Å². The zero-order valence-electron chi connectivity index (χ0n) is 24.8. The van der Waals surface area contributed by atoms with Gasteiger partial charge in [0.2, 0.25) is 0 Å². The van der Waals surface area contributed by atoms with E-state index in [0.717, 1.165) is 0 Å². The lowest BCUT2D eigenvalue weighted by Gasteiger charge is -2.23. The van der Waals surface area contributed by atoms with E-state index in [1.807, 2.05) is 6.92 Å². The van der Waals surface area contributed by atoms with E-state index in [1.54, 1.807) is 55.3 Å². The lowest BCUT2D eigenvalue weighted by molar-refractivity contribution is 0.154. The van der Waals surface area contributed by atoms with Crippen molar-refractivity contribution in [2.45, 2.75) is 39.5 Å². The van der Waals surface area contributed by atoms with Gasteiger partial charge in [-0.2, -0.15) is 5.10 Å². The number of aliphatic imine (C=N–C) groups is 1. The third kappa shape index (κ3) is 6.85. The van der Waals surface area contributed by atoms with Gasteiger partial charge in [-0.1, -0.05) is 35.9 Å². The fourth-order valence-corrected chi connectivity index (χ4v) is 5.35. The lowest BCUT2D eigenvalue weighted by Crippen LogP contribution is -2.29. The molecule has 1 aliphatic heterocycles. The van der Waals surface area contributed by atoms with Gasteiger partial charge in [-0.25, -0.2) is 14.2 Å². The molecule has 0 saturated carbocycles. The summed E-state index contributed by atoms with van der Waals surface area (Å²) in [6.07, 6.45) is 1.96. The monoisotopic (exact) mass is 632 g/mol. The van der Waals surface area contributed by atoms with Crippen LogP contribution in [0.25, 0.3) is 17.0 Å². The fraction of sp³-hybridized carbons (Fsp3) is 0.226. The molecule has 11 nitrogen and oxygen atoms in total. The van der Waals surface area contributed by atoms with Crippen molar-refractivity contribution in [2.24, 2.45) is 10.7 Å². The Balaban J connectivity index is 1.56. The number of aryl methyl sites for hydroxylation is 1. The van der Waals surface area contributed by atoms with Crippen molar-refractivity contribution in [3.63, 3.8) is 0 Å². The van der Waals surface area contributed by atoms with Crippen molar-refractivity contribution in [1.29, 1.82) is 0 Å². The van der Waals surface area contributed by atoms with Crippen molar-refractivity contribution in [3.05, 3.63) is 93.5 Å². The predicted molar refractivity (Wildman–Crippen MR) is 171 cm³/mol. The quantitative estimate of drug-likeness (QED) is 0.182. The topological polar surface area (TPSA) is 157 Å². The Labute approximate surface area is 264 Å². The maximum Gasteiger partial charge on any atom is 0.488 e. The van der Waals surface area contributed by atoms with Gasteiger partial charge in [0, 0.05) is 60.4 Å². The minimum absolute atomic E-state index is 0.0712. The standard InChI is InChI=1S/C31H31BClFN6O5/c1-4-40-28-20-12-26(30(37-15-20)38-31(41)44-16-18-5-7-21(8-6-18)32(42)43)45-17(2)24-13-22(34)9-10-23(24)27(35)19(14-36-3)11-25(28)29(33)39-40/h5-10,12-15,17,42-43H,4,11,16,35H2,1-3H3,(H,37,38,41)/b27-19-,36-14?/t17-/m1/s1. The Morgan fingerprint density at radius 1 is 1.29 bits per heavy atom. The minimum Gasteiger partial charge on any atom is -0.482 e. The highest BCUT2D eigenvalue weighted by Crippen LogP contribution is 2.39. The first-order valence-corrected chi connectivity index (χ1v) is 14.5. The number of nitrogens with zero attached hydrogens (tertiary/aromatic N) is 4. The first-order valence-electron chi connectivity index (χ1n) is 14.1. The van der Waals surface area contributed by atoms with E-state index < -0.39 is 25.1 Å². The number of pyridine rings is 1. The summed E-state index contributed by atoms with van der Waals surface area (Å²) in [7, 11) is 0.0370. The van der Waals surface area contributed by atoms with Gasteiger partial charge in [-0.05, 0) is 54.7 Å². The molecule has 0 aliphatic carbocycles. The van der Waals surface area contributed by atoms with Gasteiger partial charge in [0.1, 0.15) is 18.5 Å². The molecule has 14 heteroatoms. The molecule has 0 spiro atoms. The van der Waals surface area contributed by atoms with E-state index in [1.165, 1.54) is 24.3 Å². The summed E-state index contributed by atoms with van der Waals surface area (Å²) in [6, 6.07) is 12.2. The van der Waals surface area contributed by atoms with E-state index in [0.29, 0.717) is 56.8 Å². The minimum atomic E-state index is -1.60. The number of nitrogens with one attached hydrogen (secondary N) is 1. The molecule has 232 valence electrons. The molecule has 0 radical (unpaired) electrons. The summed E-state index contributed by atoms with van der Waals surface area (Å²) in [4.78, 5) is 21.6. The Hall–Kier alpha value is -4.72. The van der Waals surface area contributed by atoms with E-state index in [2.05, 4.69) is 20.4 Å². The molecule has 1 amide bonds. The van der Waals surface area contributed by atoms with E-state index in [-0.39, 0.29) is 29.7 Å². The summed E-state index contributed by atoms with van der Waals surface area (Å²) < 4.78 is 28.0. The first kappa shape index (κ1) is 31.7. The van der Waals surface area contributed by atoms with Crippen LogP contribution >= 0.6 is 11.6 Å². The smallest absolute Gasteiger partial charge is 0.482 e. The number of amides is 1. The first-order chi connectivity index (χ1) is 21.6. The molecule has 45 heavy (non-hydrogen) atoms. The van der Waals surface area contributed by atoms with Gasteiger partial charge in [0.25, 0.3) is 0 Å². The van der Waals surface area contributed by atoms with Crippen LogP contribution in [-0.4, -0.2) is 51.3 Å². The molecule has 2 aromatic carbocycles. The molecule has 5 rings (SSSR count). The van der Waals surface area contributed by atoms with Crippen LogP contribution in [0.15, 0.2) is 65.3 Å².